The largest absolute Gasteiger partial charge is 0.283 e. The SMILES string of the molecule is CC(C)c1cc(F)cc(-c2ccncc2)c1CC(=O)NS(=O)(=O)c1ccn(C2CC2)n1. The second kappa shape index (κ2) is 8.22. The van der Waals surface area contributed by atoms with Crippen LogP contribution in [0.1, 0.15) is 49.8 Å². The summed E-state index contributed by atoms with van der Waals surface area (Å²) in [6, 6.07) is 7.81. The zero-order chi connectivity index (χ0) is 22.2. The molecule has 1 aromatic carbocycles. The molecule has 162 valence electrons. The normalized spacial score (nSPS) is 14.1. The van der Waals surface area contributed by atoms with E-state index in [1.165, 1.54) is 18.2 Å². The second-order valence-corrected chi connectivity index (χ2v) is 9.61. The highest BCUT2D eigenvalue weighted by Gasteiger charge is 2.28. The van der Waals surface area contributed by atoms with Gasteiger partial charge in [-0.15, -0.1) is 0 Å². The predicted molar refractivity (Wildman–Crippen MR) is 113 cm³/mol. The van der Waals surface area contributed by atoms with Crippen LogP contribution in [0.5, 0.6) is 0 Å². The summed E-state index contributed by atoms with van der Waals surface area (Å²) in [6.45, 7) is 3.79. The minimum atomic E-state index is -4.10. The number of aromatic nitrogens is 3. The molecule has 0 atom stereocenters. The van der Waals surface area contributed by atoms with Crippen molar-refractivity contribution in [1.29, 1.82) is 0 Å². The molecule has 0 bridgehead atoms. The van der Waals surface area contributed by atoms with Gasteiger partial charge in [-0.05, 0) is 71.3 Å². The molecule has 0 radical (unpaired) electrons. The number of amides is 1. The Labute approximate surface area is 180 Å². The molecule has 1 aliphatic rings. The first-order valence-electron chi connectivity index (χ1n) is 10.1. The van der Waals surface area contributed by atoms with E-state index in [0.717, 1.165) is 12.8 Å². The zero-order valence-corrected chi connectivity index (χ0v) is 18.1. The smallest absolute Gasteiger partial charge is 0.274 e. The third kappa shape index (κ3) is 4.66. The van der Waals surface area contributed by atoms with Crippen molar-refractivity contribution in [2.24, 2.45) is 0 Å². The molecule has 0 unspecified atom stereocenters. The molecular weight excluding hydrogens is 419 g/mol. The van der Waals surface area contributed by atoms with Crippen molar-refractivity contribution < 1.29 is 17.6 Å². The Balaban J connectivity index is 1.63. The predicted octanol–water partition coefficient (Wildman–Crippen LogP) is 3.59. The number of hydrogen-bond acceptors (Lipinski definition) is 5. The van der Waals surface area contributed by atoms with E-state index in [9.17, 15) is 17.6 Å². The van der Waals surface area contributed by atoms with Crippen LogP contribution in [0.2, 0.25) is 0 Å². The van der Waals surface area contributed by atoms with Gasteiger partial charge in [0.05, 0.1) is 12.5 Å². The highest BCUT2D eigenvalue weighted by Crippen LogP contribution is 2.34. The Hall–Kier alpha value is -3.07. The van der Waals surface area contributed by atoms with E-state index in [2.05, 4.69) is 14.8 Å². The molecule has 1 fully saturated rings. The van der Waals surface area contributed by atoms with Crippen molar-refractivity contribution in [3.8, 4) is 11.1 Å². The monoisotopic (exact) mass is 442 g/mol. The van der Waals surface area contributed by atoms with Crippen molar-refractivity contribution in [2.75, 3.05) is 0 Å². The first-order chi connectivity index (χ1) is 14.7. The maximum Gasteiger partial charge on any atom is 0.283 e. The van der Waals surface area contributed by atoms with Gasteiger partial charge < -0.3 is 0 Å². The van der Waals surface area contributed by atoms with Crippen LogP contribution in [0, 0.1) is 5.82 Å². The molecule has 2 heterocycles. The van der Waals surface area contributed by atoms with Gasteiger partial charge in [-0.1, -0.05) is 13.8 Å². The molecule has 1 aliphatic carbocycles. The summed E-state index contributed by atoms with van der Waals surface area (Å²) in [7, 11) is -4.10. The number of nitrogens with one attached hydrogen (secondary N) is 1. The van der Waals surface area contributed by atoms with Gasteiger partial charge >= 0.3 is 0 Å². The molecule has 0 saturated heterocycles. The minimum Gasteiger partial charge on any atom is -0.274 e. The van der Waals surface area contributed by atoms with Crippen LogP contribution in [0.4, 0.5) is 4.39 Å². The second-order valence-electron chi connectivity index (χ2n) is 7.98. The van der Waals surface area contributed by atoms with Crippen molar-refractivity contribution >= 4 is 15.9 Å². The van der Waals surface area contributed by atoms with Crippen molar-refractivity contribution in [2.45, 2.75) is 50.1 Å². The molecule has 31 heavy (non-hydrogen) atoms. The van der Waals surface area contributed by atoms with E-state index in [4.69, 9.17) is 0 Å². The van der Waals surface area contributed by atoms with E-state index < -0.39 is 21.7 Å². The maximum atomic E-state index is 14.3. The number of rotatable bonds is 7. The van der Waals surface area contributed by atoms with Crippen LogP contribution >= 0.6 is 0 Å². The Kier molecular flexibility index (Phi) is 5.62. The van der Waals surface area contributed by atoms with E-state index in [1.54, 1.807) is 35.4 Å². The van der Waals surface area contributed by atoms with Gasteiger partial charge in [-0.25, -0.2) is 9.11 Å². The van der Waals surface area contributed by atoms with E-state index >= 15 is 0 Å². The van der Waals surface area contributed by atoms with Gasteiger partial charge in [0.25, 0.3) is 10.0 Å². The molecule has 0 aliphatic heterocycles. The molecule has 7 nitrogen and oxygen atoms in total. The van der Waals surface area contributed by atoms with E-state index in [-0.39, 0.29) is 23.4 Å². The fourth-order valence-electron chi connectivity index (χ4n) is 3.56. The van der Waals surface area contributed by atoms with Crippen LogP contribution in [0.25, 0.3) is 11.1 Å². The lowest BCUT2D eigenvalue weighted by atomic mass is 9.88. The van der Waals surface area contributed by atoms with Gasteiger partial charge in [0.2, 0.25) is 5.91 Å². The first-order valence-corrected chi connectivity index (χ1v) is 11.6. The summed E-state index contributed by atoms with van der Waals surface area (Å²) < 4.78 is 43.3. The average molecular weight is 443 g/mol. The van der Waals surface area contributed by atoms with E-state index in [1.807, 2.05) is 13.8 Å². The number of nitrogens with zero attached hydrogens (tertiary/aromatic N) is 3. The minimum absolute atomic E-state index is 0.0649. The van der Waals surface area contributed by atoms with Gasteiger partial charge in [0.1, 0.15) is 5.82 Å². The number of sulfonamides is 1. The molecule has 1 amide bonds. The van der Waals surface area contributed by atoms with Crippen LogP contribution in [0.15, 0.2) is 53.9 Å². The van der Waals surface area contributed by atoms with Crippen molar-refractivity contribution in [3.05, 3.63) is 65.9 Å². The van der Waals surface area contributed by atoms with Crippen molar-refractivity contribution in [1.82, 2.24) is 19.5 Å². The molecule has 2 aromatic heterocycles. The summed E-state index contributed by atoms with van der Waals surface area (Å²) >= 11 is 0. The summed E-state index contributed by atoms with van der Waals surface area (Å²) in [5.74, 6) is -1.19. The zero-order valence-electron chi connectivity index (χ0n) is 17.2. The lowest BCUT2D eigenvalue weighted by Gasteiger charge is -2.18. The Bertz CT molecular complexity index is 1220. The average Bonchev–Trinajstić information content (AvgIpc) is 3.44. The fraction of sp³-hybridized carbons (Fsp3) is 0.318. The number of pyridine rings is 1. The highest BCUT2D eigenvalue weighted by molar-refractivity contribution is 7.90. The third-order valence-corrected chi connectivity index (χ3v) is 6.49. The number of carbonyl (C=O) groups excluding carboxylic acids is 1. The van der Waals surface area contributed by atoms with Gasteiger partial charge in [-0.2, -0.15) is 13.5 Å². The summed E-state index contributed by atoms with van der Waals surface area (Å²) in [5, 5.41) is 3.89. The van der Waals surface area contributed by atoms with Crippen LogP contribution in [-0.2, 0) is 21.2 Å². The number of carbonyl (C=O) groups is 1. The van der Waals surface area contributed by atoms with Crippen LogP contribution in [-0.4, -0.2) is 29.1 Å². The maximum absolute atomic E-state index is 14.3. The van der Waals surface area contributed by atoms with E-state index in [0.29, 0.717) is 22.3 Å². The first kappa shape index (κ1) is 21.2. The standard InChI is InChI=1S/C22H23FN4O3S/c1-14(2)18-11-16(23)12-19(15-5-8-24-9-6-15)20(18)13-21(28)26-31(29,30)22-7-10-27(25-22)17-3-4-17/h5-12,14,17H,3-4,13H2,1-2H3,(H,26,28). The third-order valence-electron chi connectivity index (χ3n) is 5.23. The Morgan fingerprint density at radius 1 is 1.23 bits per heavy atom. The van der Waals surface area contributed by atoms with Gasteiger partial charge in [0, 0.05) is 18.6 Å². The summed E-state index contributed by atoms with van der Waals surface area (Å²) in [5.41, 5.74) is 2.47. The summed E-state index contributed by atoms with van der Waals surface area (Å²) in [6.07, 6.45) is 6.49. The Morgan fingerprint density at radius 3 is 2.58 bits per heavy atom. The molecule has 9 heteroatoms. The molecule has 0 spiro atoms. The van der Waals surface area contributed by atoms with Gasteiger partial charge in [0.15, 0.2) is 5.03 Å². The van der Waals surface area contributed by atoms with Crippen LogP contribution in [0.3, 0.4) is 0 Å². The number of hydrogen-bond donors (Lipinski definition) is 1. The quantitative estimate of drug-likeness (QED) is 0.604. The summed E-state index contributed by atoms with van der Waals surface area (Å²) in [4.78, 5) is 16.7. The van der Waals surface area contributed by atoms with Crippen LogP contribution < -0.4 is 4.72 Å². The fourth-order valence-corrected chi connectivity index (χ4v) is 4.48. The number of benzene rings is 1. The highest BCUT2D eigenvalue weighted by atomic mass is 32.2. The topological polar surface area (TPSA) is 94.0 Å². The molecular formula is C22H23FN4O3S. The van der Waals surface area contributed by atoms with Gasteiger partial charge in [-0.3, -0.25) is 14.5 Å². The van der Waals surface area contributed by atoms with Crippen molar-refractivity contribution in [3.63, 3.8) is 0 Å². The Morgan fingerprint density at radius 2 is 1.94 bits per heavy atom. The number of halogens is 1. The molecule has 1 N–H and O–H groups in total. The lowest BCUT2D eigenvalue weighted by Crippen LogP contribution is -2.32. The lowest BCUT2D eigenvalue weighted by molar-refractivity contribution is -0.118. The molecule has 4 rings (SSSR count). The molecule has 3 aromatic rings. The molecule has 1 saturated carbocycles.